The Kier molecular flexibility index (Phi) is 5.62. The van der Waals surface area contributed by atoms with E-state index >= 15 is 0 Å². The first-order chi connectivity index (χ1) is 14.6. The smallest absolute Gasteiger partial charge is 0.465 e. The van der Waals surface area contributed by atoms with Crippen molar-refractivity contribution >= 4 is 18.7 Å². The lowest BCUT2D eigenvalue weighted by molar-refractivity contribution is 0.00578. The fraction of sp³-hybridized carbons (Fsp3) is 0.545. The Labute approximate surface area is 183 Å². The van der Waals surface area contributed by atoms with Gasteiger partial charge in [0.2, 0.25) is 0 Å². The maximum absolute atomic E-state index is 11.7. The van der Waals surface area contributed by atoms with Crippen molar-refractivity contribution in [1.82, 2.24) is 14.9 Å². The first kappa shape index (κ1) is 21.9. The number of aromatic amines is 1. The molecule has 31 heavy (non-hydrogen) atoms. The summed E-state index contributed by atoms with van der Waals surface area (Å²) in [7, 11) is 1.23. The Hall–Kier alpha value is -2.36. The normalized spacial score (nSPS) is 24.7. The number of methoxy groups -OCH3 is 1. The molecular weight excluding hydrogens is 397 g/mol. The summed E-state index contributed by atoms with van der Waals surface area (Å²) in [6.45, 7) is 9.13. The van der Waals surface area contributed by atoms with E-state index in [-0.39, 0.29) is 23.2 Å². The minimum Gasteiger partial charge on any atom is -0.465 e. The van der Waals surface area contributed by atoms with E-state index in [1.165, 1.54) is 4.90 Å². The molecule has 0 radical (unpaired) electrons. The van der Waals surface area contributed by atoms with Gasteiger partial charge in [0.05, 0.1) is 35.7 Å². The molecule has 2 aromatic rings. The summed E-state index contributed by atoms with van der Waals surface area (Å²) in [5, 5.41) is 9.58. The average Bonchev–Trinajstić information content (AvgIpc) is 3.39. The fourth-order valence-electron chi connectivity index (χ4n) is 4.20. The summed E-state index contributed by atoms with van der Waals surface area (Å²) in [4.78, 5) is 20.9. The van der Waals surface area contributed by atoms with Gasteiger partial charge in [0.25, 0.3) is 0 Å². The van der Waals surface area contributed by atoms with Crippen LogP contribution in [0.25, 0.3) is 11.3 Å². The number of likely N-dealkylation sites (tertiary alicyclic amines) is 1. The quantitative estimate of drug-likeness (QED) is 0.712. The number of imidazole rings is 1. The molecule has 2 saturated heterocycles. The van der Waals surface area contributed by atoms with Gasteiger partial charge in [-0.05, 0) is 45.1 Å². The minimum atomic E-state index is -0.937. The van der Waals surface area contributed by atoms with Crippen LogP contribution in [0.5, 0.6) is 0 Å². The molecule has 2 fully saturated rings. The van der Waals surface area contributed by atoms with Crippen LogP contribution >= 0.6 is 0 Å². The average molecular weight is 427 g/mol. The molecular formula is C22H30BN3O5. The standard InChI is InChI=1S/C22H30BN3O5/c1-21(2)22(3,4)31-23(30-21)16-8-6-15(7-9-16)17-11-24-19(25-17)18-10-14(13-29-5)12-26(18)20(27)28/h6-9,11,14,18H,10,12-13H2,1-5H3,(H,24,25)(H,27,28). The van der Waals surface area contributed by atoms with Gasteiger partial charge in [0, 0.05) is 19.6 Å². The lowest BCUT2D eigenvalue weighted by atomic mass is 9.79. The SMILES string of the molecule is COCC1CC(c2ncc(-c3ccc(B4OC(C)(C)C(C)(C)O4)cc3)[nH]2)N(C(=O)O)C1. The van der Waals surface area contributed by atoms with E-state index in [2.05, 4.69) is 9.97 Å². The molecule has 3 heterocycles. The minimum absolute atomic E-state index is 0.166. The highest BCUT2D eigenvalue weighted by Crippen LogP contribution is 2.37. The van der Waals surface area contributed by atoms with Crippen LogP contribution in [0.3, 0.4) is 0 Å². The molecule has 0 spiro atoms. The molecule has 1 aromatic heterocycles. The number of nitrogens with one attached hydrogen (secondary N) is 1. The summed E-state index contributed by atoms with van der Waals surface area (Å²) in [5.74, 6) is 0.824. The first-order valence-corrected chi connectivity index (χ1v) is 10.6. The van der Waals surface area contributed by atoms with E-state index in [0.29, 0.717) is 25.4 Å². The Morgan fingerprint density at radius 1 is 1.26 bits per heavy atom. The lowest BCUT2D eigenvalue weighted by Crippen LogP contribution is -2.41. The molecule has 1 aromatic carbocycles. The summed E-state index contributed by atoms with van der Waals surface area (Å²) in [6.07, 6.45) is 1.50. The summed E-state index contributed by atoms with van der Waals surface area (Å²) in [5.41, 5.74) is 2.00. The third-order valence-electron chi connectivity index (χ3n) is 6.69. The molecule has 2 aliphatic rings. The molecule has 166 valence electrons. The van der Waals surface area contributed by atoms with E-state index in [0.717, 1.165) is 16.7 Å². The van der Waals surface area contributed by atoms with Gasteiger partial charge in [-0.3, -0.25) is 4.90 Å². The molecule has 0 saturated carbocycles. The second kappa shape index (κ2) is 7.96. The number of amides is 1. The Morgan fingerprint density at radius 2 is 1.90 bits per heavy atom. The van der Waals surface area contributed by atoms with Gasteiger partial charge < -0.3 is 24.1 Å². The van der Waals surface area contributed by atoms with Gasteiger partial charge in [0.15, 0.2) is 0 Å². The van der Waals surface area contributed by atoms with Crippen LogP contribution in [0.1, 0.15) is 46.0 Å². The van der Waals surface area contributed by atoms with E-state index in [9.17, 15) is 9.90 Å². The highest BCUT2D eigenvalue weighted by molar-refractivity contribution is 6.62. The van der Waals surface area contributed by atoms with Crippen LogP contribution in [0.4, 0.5) is 4.79 Å². The summed E-state index contributed by atoms with van der Waals surface area (Å²) < 4.78 is 17.5. The van der Waals surface area contributed by atoms with Crippen molar-refractivity contribution in [3.05, 3.63) is 36.3 Å². The van der Waals surface area contributed by atoms with Crippen molar-refractivity contribution < 1.29 is 23.9 Å². The second-order valence-corrected chi connectivity index (χ2v) is 9.40. The van der Waals surface area contributed by atoms with E-state index in [1.54, 1.807) is 13.3 Å². The zero-order chi connectivity index (χ0) is 22.4. The van der Waals surface area contributed by atoms with Crippen LogP contribution in [-0.4, -0.2) is 64.6 Å². The van der Waals surface area contributed by atoms with E-state index in [1.807, 2.05) is 52.0 Å². The predicted molar refractivity (Wildman–Crippen MR) is 117 cm³/mol. The lowest BCUT2D eigenvalue weighted by Gasteiger charge is -2.32. The van der Waals surface area contributed by atoms with Gasteiger partial charge in [-0.1, -0.05) is 24.3 Å². The van der Waals surface area contributed by atoms with Crippen LogP contribution in [0, 0.1) is 5.92 Å². The highest BCUT2D eigenvalue weighted by atomic mass is 16.7. The van der Waals surface area contributed by atoms with Gasteiger partial charge >= 0.3 is 13.2 Å². The zero-order valence-corrected chi connectivity index (χ0v) is 18.7. The largest absolute Gasteiger partial charge is 0.494 e. The van der Waals surface area contributed by atoms with Crippen molar-refractivity contribution in [2.45, 2.75) is 51.4 Å². The van der Waals surface area contributed by atoms with Crippen molar-refractivity contribution in [3.63, 3.8) is 0 Å². The molecule has 0 aliphatic carbocycles. The number of aromatic nitrogens is 2. The number of benzene rings is 1. The number of H-pyrrole nitrogens is 1. The number of carboxylic acid groups (broad SMARTS) is 1. The van der Waals surface area contributed by atoms with Crippen molar-refractivity contribution in [2.75, 3.05) is 20.3 Å². The molecule has 2 aliphatic heterocycles. The number of carbonyl (C=O) groups is 1. The van der Waals surface area contributed by atoms with Gasteiger partial charge in [0.1, 0.15) is 5.82 Å². The number of rotatable bonds is 5. The molecule has 2 atom stereocenters. The van der Waals surface area contributed by atoms with Crippen LogP contribution in [0.15, 0.2) is 30.5 Å². The number of nitrogens with zero attached hydrogens (tertiary/aromatic N) is 2. The summed E-state index contributed by atoms with van der Waals surface area (Å²) >= 11 is 0. The van der Waals surface area contributed by atoms with Gasteiger partial charge in [-0.25, -0.2) is 9.78 Å². The van der Waals surface area contributed by atoms with Crippen molar-refractivity contribution in [2.24, 2.45) is 5.92 Å². The predicted octanol–water partition coefficient (Wildman–Crippen LogP) is 3.06. The molecule has 8 nitrogen and oxygen atoms in total. The molecule has 9 heteroatoms. The van der Waals surface area contributed by atoms with Crippen molar-refractivity contribution in [1.29, 1.82) is 0 Å². The molecule has 0 bridgehead atoms. The fourth-order valence-corrected chi connectivity index (χ4v) is 4.20. The van der Waals surface area contributed by atoms with E-state index < -0.39 is 13.2 Å². The molecule has 1 amide bonds. The van der Waals surface area contributed by atoms with Crippen LogP contribution in [-0.2, 0) is 14.0 Å². The highest BCUT2D eigenvalue weighted by Gasteiger charge is 2.51. The molecule has 2 unspecified atom stereocenters. The second-order valence-electron chi connectivity index (χ2n) is 9.40. The third-order valence-corrected chi connectivity index (χ3v) is 6.69. The monoisotopic (exact) mass is 427 g/mol. The number of hydrogen-bond acceptors (Lipinski definition) is 5. The third kappa shape index (κ3) is 4.09. The number of hydrogen-bond donors (Lipinski definition) is 2. The molecule has 4 rings (SSSR count). The summed E-state index contributed by atoms with van der Waals surface area (Å²) in [6, 6.07) is 7.68. The zero-order valence-electron chi connectivity index (χ0n) is 18.7. The Bertz CT molecular complexity index is 927. The maximum Gasteiger partial charge on any atom is 0.494 e. The van der Waals surface area contributed by atoms with E-state index in [4.69, 9.17) is 14.0 Å². The van der Waals surface area contributed by atoms with Crippen LogP contribution in [0.2, 0.25) is 0 Å². The van der Waals surface area contributed by atoms with Gasteiger partial charge in [-0.2, -0.15) is 0 Å². The molecule has 2 N–H and O–H groups in total. The van der Waals surface area contributed by atoms with Crippen molar-refractivity contribution in [3.8, 4) is 11.3 Å². The Balaban J connectivity index is 1.50. The van der Waals surface area contributed by atoms with Crippen LogP contribution < -0.4 is 5.46 Å². The van der Waals surface area contributed by atoms with Gasteiger partial charge in [-0.15, -0.1) is 0 Å². The maximum atomic E-state index is 11.7. The number of ether oxygens (including phenoxy) is 1. The first-order valence-electron chi connectivity index (χ1n) is 10.6. The Morgan fingerprint density at radius 3 is 2.48 bits per heavy atom. The topological polar surface area (TPSA) is 96.9 Å².